The third kappa shape index (κ3) is 3.36. The van der Waals surface area contributed by atoms with Gasteiger partial charge < -0.3 is 5.73 Å². The molecule has 2 rings (SSSR count). The maximum absolute atomic E-state index is 8.66. The fraction of sp³-hybridized carbons (Fsp3) is 0.462. The van der Waals surface area contributed by atoms with Gasteiger partial charge in [0.2, 0.25) is 0 Å². The molecule has 0 unspecified atom stereocenters. The Morgan fingerprint density at radius 3 is 2.82 bits per heavy atom. The number of hydrogen-bond donors (Lipinski definition) is 1. The molecule has 1 aliphatic carbocycles. The molecule has 1 aliphatic rings. The minimum absolute atomic E-state index is 0.573. The van der Waals surface area contributed by atoms with Crippen molar-refractivity contribution in [2.75, 3.05) is 12.3 Å². The highest BCUT2D eigenvalue weighted by Crippen LogP contribution is 2.29. The van der Waals surface area contributed by atoms with Gasteiger partial charge in [0, 0.05) is 36.3 Å². The van der Waals surface area contributed by atoms with Gasteiger partial charge in [-0.25, -0.2) is 0 Å². The smallest absolute Gasteiger partial charge is 0.0635 e. The molecule has 0 aliphatic heterocycles. The molecule has 0 aromatic heterocycles. The molecule has 90 valence electrons. The zero-order valence-corrected chi connectivity index (χ0v) is 10.5. The number of nitrogen functional groups attached to an aromatic ring is 1. The van der Waals surface area contributed by atoms with E-state index in [1.165, 1.54) is 12.8 Å². The van der Waals surface area contributed by atoms with Gasteiger partial charge in [-0.05, 0) is 30.5 Å². The zero-order valence-electron chi connectivity index (χ0n) is 9.69. The molecular formula is C13H16ClN3. The summed E-state index contributed by atoms with van der Waals surface area (Å²) in [7, 11) is 0. The molecule has 1 fully saturated rings. The van der Waals surface area contributed by atoms with Crippen molar-refractivity contribution in [2.45, 2.75) is 31.8 Å². The Labute approximate surface area is 107 Å². The molecule has 4 heteroatoms. The molecular weight excluding hydrogens is 234 g/mol. The van der Waals surface area contributed by atoms with Gasteiger partial charge in [0.05, 0.1) is 6.07 Å². The first-order valence-corrected chi connectivity index (χ1v) is 6.23. The zero-order chi connectivity index (χ0) is 12.3. The van der Waals surface area contributed by atoms with E-state index in [4.69, 9.17) is 22.6 Å². The Hall–Kier alpha value is -1.24. The summed E-state index contributed by atoms with van der Waals surface area (Å²) < 4.78 is 0. The van der Waals surface area contributed by atoms with Crippen LogP contribution in [0.15, 0.2) is 18.2 Å². The van der Waals surface area contributed by atoms with Gasteiger partial charge in [0.1, 0.15) is 0 Å². The van der Waals surface area contributed by atoms with E-state index in [-0.39, 0.29) is 0 Å². The Kier molecular flexibility index (Phi) is 3.88. The van der Waals surface area contributed by atoms with Crippen molar-refractivity contribution in [3.05, 3.63) is 28.8 Å². The van der Waals surface area contributed by atoms with E-state index in [0.29, 0.717) is 17.5 Å². The van der Waals surface area contributed by atoms with E-state index in [1.807, 2.05) is 12.1 Å². The quantitative estimate of drug-likeness (QED) is 0.817. The molecule has 0 radical (unpaired) electrons. The van der Waals surface area contributed by atoms with Crippen molar-refractivity contribution >= 4 is 17.3 Å². The number of rotatable bonds is 5. The third-order valence-corrected chi connectivity index (χ3v) is 3.29. The van der Waals surface area contributed by atoms with Gasteiger partial charge in [0.25, 0.3) is 0 Å². The lowest BCUT2D eigenvalue weighted by atomic mass is 10.1. The molecule has 0 atom stereocenters. The number of nitrogens with zero attached hydrogens (tertiary/aromatic N) is 2. The van der Waals surface area contributed by atoms with Gasteiger partial charge in [-0.1, -0.05) is 17.7 Å². The van der Waals surface area contributed by atoms with Gasteiger partial charge in [0.15, 0.2) is 0 Å². The summed E-state index contributed by atoms with van der Waals surface area (Å²) in [4.78, 5) is 2.34. The van der Waals surface area contributed by atoms with E-state index < -0.39 is 0 Å². The summed E-state index contributed by atoms with van der Waals surface area (Å²) in [6.07, 6.45) is 3.04. The fourth-order valence-corrected chi connectivity index (χ4v) is 2.13. The Bertz CT molecular complexity index is 435. The molecule has 3 nitrogen and oxygen atoms in total. The number of hydrogen-bond acceptors (Lipinski definition) is 3. The highest BCUT2D eigenvalue weighted by molar-refractivity contribution is 6.30. The summed E-state index contributed by atoms with van der Waals surface area (Å²) in [5.41, 5.74) is 7.78. The molecule has 1 aromatic rings. The minimum Gasteiger partial charge on any atom is -0.398 e. The maximum Gasteiger partial charge on any atom is 0.0635 e. The minimum atomic E-state index is 0.573. The van der Waals surface area contributed by atoms with E-state index in [0.717, 1.165) is 24.3 Å². The second-order valence-corrected chi connectivity index (χ2v) is 4.89. The Morgan fingerprint density at radius 2 is 2.24 bits per heavy atom. The van der Waals surface area contributed by atoms with Crippen LogP contribution in [0.25, 0.3) is 0 Å². The molecule has 17 heavy (non-hydrogen) atoms. The molecule has 2 N–H and O–H groups in total. The number of anilines is 1. The number of halogens is 1. The predicted octanol–water partition coefficient (Wildman–Crippen LogP) is 2.80. The summed E-state index contributed by atoms with van der Waals surface area (Å²) >= 11 is 5.88. The number of nitrogens with two attached hydrogens (primary N) is 1. The van der Waals surface area contributed by atoms with Crippen LogP contribution in [0.4, 0.5) is 5.69 Å². The first-order valence-electron chi connectivity index (χ1n) is 5.85. The average Bonchev–Trinajstić information content (AvgIpc) is 3.11. The highest BCUT2D eigenvalue weighted by Gasteiger charge is 2.28. The van der Waals surface area contributed by atoms with Crippen LogP contribution in [0.3, 0.4) is 0 Å². The lowest BCUT2D eigenvalue weighted by Crippen LogP contribution is -2.26. The van der Waals surface area contributed by atoms with Crippen LogP contribution in [0.1, 0.15) is 24.8 Å². The first-order chi connectivity index (χ1) is 8.20. The van der Waals surface area contributed by atoms with E-state index in [2.05, 4.69) is 11.0 Å². The summed E-state index contributed by atoms with van der Waals surface area (Å²) in [6.45, 7) is 1.64. The van der Waals surface area contributed by atoms with Crippen LogP contribution < -0.4 is 5.73 Å². The van der Waals surface area contributed by atoms with Crippen molar-refractivity contribution in [2.24, 2.45) is 0 Å². The van der Waals surface area contributed by atoms with E-state index in [1.54, 1.807) is 6.07 Å². The number of nitriles is 1. The van der Waals surface area contributed by atoms with Crippen LogP contribution in [0.2, 0.25) is 5.02 Å². The van der Waals surface area contributed by atoms with Crippen molar-refractivity contribution in [3.63, 3.8) is 0 Å². The van der Waals surface area contributed by atoms with Gasteiger partial charge >= 0.3 is 0 Å². The summed E-state index contributed by atoms with van der Waals surface area (Å²) in [6, 6.07) is 8.45. The Morgan fingerprint density at radius 1 is 1.47 bits per heavy atom. The maximum atomic E-state index is 8.66. The van der Waals surface area contributed by atoms with E-state index in [9.17, 15) is 0 Å². The molecule has 0 saturated heterocycles. The lowest BCUT2D eigenvalue weighted by Gasteiger charge is -2.21. The fourth-order valence-electron chi connectivity index (χ4n) is 1.95. The normalized spacial score (nSPS) is 14.9. The van der Waals surface area contributed by atoms with Gasteiger partial charge in [-0.2, -0.15) is 5.26 Å². The SMILES string of the molecule is N#CCCN(Cc1ccc(Cl)cc1N)C1CC1. The van der Waals surface area contributed by atoms with Crippen LogP contribution in [-0.2, 0) is 6.54 Å². The van der Waals surface area contributed by atoms with Crippen LogP contribution in [-0.4, -0.2) is 17.5 Å². The van der Waals surface area contributed by atoms with E-state index >= 15 is 0 Å². The van der Waals surface area contributed by atoms with Crippen LogP contribution in [0, 0.1) is 11.3 Å². The molecule has 1 saturated carbocycles. The van der Waals surface area contributed by atoms with Crippen LogP contribution >= 0.6 is 11.6 Å². The topological polar surface area (TPSA) is 53.0 Å². The van der Waals surface area contributed by atoms with Gasteiger partial charge in [-0.3, -0.25) is 4.90 Å². The second-order valence-electron chi connectivity index (χ2n) is 4.45. The average molecular weight is 250 g/mol. The highest BCUT2D eigenvalue weighted by atomic mass is 35.5. The van der Waals surface area contributed by atoms with Crippen LogP contribution in [0.5, 0.6) is 0 Å². The van der Waals surface area contributed by atoms with Crippen molar-refractivity contribution in [3.8, 4) is 6.07 Å². The standard InChI is InChI=1S/C13H16ClN3/c14-11-3-2-10(13(16)8-11)9-17(7-1-6-15)12-4-5-12/h2-3,8,12H,1,4-5,7,9,16H2. The summed E-state index contributed by atoms with van der Waals surface area (Å²) in [5, 5.41) is 9.32. The summed E-state index contributed by atoms with van der Waals surface area (Å²) in [5.74, 6) is 0. The Balaban J connectivity index is 2.03. The third-order valence-electron chi connectivity index (χ3n) is 3.06. The molecule has 1 aromatic carbocycles. The van der Waals surface area contributed by atoms with Crippen molar-refractivity contribution in [1.82, 2.24) is 4.90 Å². The van der Waals surface area contributed by atoms with Crippen molar-refractivity contribution in [1.29, 1.82) is 5.26 Å². The second kappa shape index (κ2) is 5.39. The predicted molar refractivity (Wildman–Crippen MR) is 69.5 cm³/mol. The largest absolute Gasteiger partial charge is 0.398 e. The van der Waals surface area contributed by atoms with Crippen molar-refractivity contribution < 1.29 is 0 Å². The number of benzene rings is 1. The molecule has 0 heterocycles. The lowest BCUT2D eigenvalue weighted by molar-refractivity contribution is 0.261. The monoisotopic (exact) mass is 249 g/mol. The first kappa shape index (κ1) is 12.2. The van der Waals surface area contributed by atoms with Gasteiger partial charge in [-0.15, -0.1) is 0 Å². The molecule has 0 spiro atoms. The molecule has 0 amide bonds. The molecule has 0 bridgehead atoms.